The van der Waals surface area contributed by atoms with Crippen LogP contribution in [0, 0.1) is 0 Å². The summed E-state index contributed by atoms with van der Waals surface area (Å²) in [5.74, 6) is 1.01. The van der Waals surface area contributed by atoms with E-state index in [4.69, 9.17) is 0 Å². The average molecular weight is 342 g/mol. The lowest BCUT2D eigenvalue weighted by Crippen LogP contribution is -2.42. The fourth-order valence-corrected chi connectivity index (χ4v) is 3.56. The SMILES string of the molecule is Br.CCCN(CCC)C1CCc2c(O)cccc2C1C. The minimum atomic E-state index is 0. The molecule has 1 aromatic carbocycles. The molecule has 3 heteroatoms. The number of nitrogens with zero attached hydrogens (tertiary/aromatic N) is 1. The summed E-state index contributed by atoms with van der Waals surface area (Å²) in [6.45, 7) is 9.22. The van der Waals surface area contributed by atoms with Crippen LogP contribution in [0.3, 0.4) is 0 Å². The number of hydrogen-bond donors (Lipinski definition) is 1. The highest BCUT2D eigenvalue weighted by atomic mass is 79.9. The van der Waals surface area contributed by atoms with Gasteiger partial charge in [0.1, 0.15) is 5.75 Å². The Morgan fingerprint density at radius 1 is 1.20 bits per heavy atom. The summed E-state index contributed by atoms with van der Waals surface area (Å²) in [6.07, 6.45) is 4.62. The van der Waals surface area contributed by atoms with Gasteiger partial charge in [-0.2, -0.15) is 0 Å². The second-order valence-corrected chi connectivity index (χ2v) is 5.78. The van der Waals surface area contributed by atoms with E-state index in [-0.39, 0.29) is 17.0 Å². The minimum Gasteiger partial charge on any atom is -0.508 e. The number of phenolic OH excluding ortho intramolecular Hbond substituents is 1. The summed E-state index contributed by atoms with van der Waals surface area (Å²) in [6, 6.07) is 6.63. The molecule has 1 N–H and O–H groups in total. The van der Waals surface area contributed by atoms with E-state index in [2.05, 4.69) is 31.7 Å². The van der Waals surface area contributed by atoms with E-state index in [0.717, 1.165) is 6.42 Å². The highest BCUT2D eigenvalue weighted by molar-refractivity contribution is 8.93. The van der Waals surface area contributed by atoms with Crippen molar-refractivity contribution in [1.82, 2.24) is 4.90 Å². The number of phenols is 1. The molecule has 2 atom stereocenters. The van der Waals surface area contributed by atoms with Crippen LogP contribution in [0.15, 0.2) is 18.2 Å². The van der Waals surface area contributed by atoms with Gasteiger partial charge in [0, 0.05) is 6.04 Å². The smallest absolute Gasteiger partial charge is 0.119 e. The van der Waals surface area contributed by atoms with Crippen molar-refractivity contribution in [2.75, 3.05) is 13.1 Å². The number of benzene rings is 1. The van der Waals surface area contributed by atoms with Gasteiger partial charge in [0.15, 0.2) is 0 Å². The number of rotatable bonds is 5. The normalized spacial score (nSPS) is 21.4. The zero-order valence-corrected chi connectivity index (χ0v) is 14.6. The maximum Gasteiger partial charge on any atom is 0.119 e. The van der Waals surface area contributed by atoms with Crippen molar-refractivity contribution >= 4 is 17.0 Å². The standard InChI is InChI=1S/C17H27NO.BrH/c1-4-11-18(12-5-2)16-10-9-15-14(13(16)3)7-6-8-17(15)19;/h6-8,13,16,19H,4-5,9-12H2,1-3H3;1H. The number of hydrogen-bond acceptors (Lipinski definition) is 2. The minimum absolute atomic E-state index is 0. The van der Waals surface area contributed by atoms with E-state index in [9.17, 15) is 5.11 Å². The molecular weight excluding hydrogens is 314 g/mol. The van der Waals surface area contributed by atoms with E-state index in [1.165, 1.54) is 43.5 Å². The molecule has 0 amide bonds. The molecule has 114 valence electrons. The Bertz CT molecular complexity index is 415. The molecule has 1 aliphatic carbocycles. The van der Waals surface area contributed by atoms with Gasteiger partial charge >= 0.3 is 0 Å². The van der Waals surface area contributed by atoms with Gasteiger partial charge in [-0.1, -0.05) is 32.9 Å². The van der Waals surface area contributed by atoms with Crippen LogP contribution in [0.2, 0.25) is 0 Å². The first-order chi connectivity index (χ1) is 9.19. The molecule has 1 aliphatic rings. The Hall–Kier alpha value is -0.540. The van der Waals surface area contributed by atoms with Gasteiger partial charge in [0.25, 0.3) is 0 Å². The van der Waals surface area contributed by atoms with E-state index < -0.39 is 0 Å². The highest BCUT2D eigenvalue weighted by Crippen LogP contribution is 2.38. The summed E-state index contributed by atoms with van der Waals surface area (Å²) in [4.78, 5) is 2.65. The summed E-state index contributed by atoms with van der Waals surface area (Å²) < 4.78 is 0. The van der Waals surface area contributed by atoms with E-state index in [1.807, 2.05) is 12.1 Å². The molecule has 0 saturated heterocycles. The monoisotopic (exact) mass is 341 g/mol. The van der Waals surface area contributed by atoms with Crippen molar-refractivity contribution in [2.24, 2.45) is 0 Å². The Kier molecular flexibility index (Phi) is 7.04. The molecule has 0 bridgehead atoms. The van der Waals surface area contributed by atoms with Crippen LogP contribution < -0.4 is 0 Å². The maximum atomic E-state index is 9.99. The van der Waals surface area contributed by atoms with Gasteiger partial charge in [-0.05, 0) is 61.9 Å². The zero-order chi connectivity index (χ0) is 13.8. The lowest BCUT2D eigenvalue weighted by Gasteiger charge is -2.39. The van der Waals surface area contributed by atoms with Crippen LogP contribution in [0.5, 0.6) is 5.75 Å². The molecule has 2 unspecified atom stereocenters. The van der Waals surface area contributed by atoms with Crippen LogP contribution in [0.25, 0.3) is 0 Å². The fraction of sp³-hybridized carbons (Fsp3) is 0.647. The summed E-state index contributed by atoms with van der Waals surface area (Å²) in [7, 11) is 0. The topological polar surface area (TPSA) is 23.5 Å². The molecule has 0 fully saturated rings. The summed E-state index contributed by atoms with van der Waals surface area (Å²) in [5, 5.41) is 9.99. The maximum absolute atomic E-state index is 9.99. The van der Waals surface area contributed by atoms with Crippen LogP contribution in [0.4, 0.5) is 0 Å². The van der Waals surface area contributed by atoms with Gasteiger partial charge in [-0.3, -0.25) is 4.90 Å². The number of fused-ring (bicyclic) bond motifs is 1. The Labute approximate surface area is 134 Å². The van der Waals surface area contributed by atoms with Crippen LogP contribution >= 0.6 is 17.0 Å². The molecule has 0 aliphatic heterocycles. The van der Waals surface area contributed by atoms with Crippen molar-refractivity contribution < 1.29 is 5.11 Å². The lowest BCUT2D eigenvalue weighted by molar-refractivity contribution is 0.158. The average Bonchev–Trinajstić information content (AvgIpc) is 2.40. The first-order valence-electron chi connectivity index (χ1n) is 7.73. The van der Waals surface area contributed by atoms with Gasteiger partial charge < -0.3 is 5.11 Å². The summed E-state index contributed by atoms with van der Waals surface area (Å²) in [5.41, 5.74) is 2.53. The first kappa shape index (κ1) is 17.5. The predicted octanol–water partition coefficient (Wildman–Crippen LogP) is 4.51. The highest BCUT2D eigenvalue weighted by Gasteiger charge is 2.30. The van der Waals surface area contributed by atoms with Gasteiger partial charge in [-0.25, -0.2) is 0 Å². The Morgan fingerprint density at radius 2 is 1.85 bits per heavy atom. The van der Waals surface area contributed by atoms with Crippen LogP contribution in [0.1, 0.15) is 57.1 Å². The van der Waals surface area contributed by atoms with E-state index >= 15 is 0 Å². The van der Waals surface area contributed by atoms with E-state index in [0.29, 0.717) is 17.7 Å². The number of aromatic hydroxyl groups is 1. The molecule has 0 aromatic heterocycles. The van der Waals surface area contributed by atoms with Crippen molar-refractivity contribution in [2.45, 2.75) is 58.4 Å². The Morgan fingerprint density at radius 3 is 2.45 bits per heavy atom. The molecule has 0 radical (unpaired) electrons. The molecule has 2 rings (SSSR count). The third-order valence-corrected chi connectivity index (χ3v) is 4.44. The summed E-state index contributed by atoms with van der Waals surface area (Å²) >= 11 is 0. The van der Waals surface area contributed by atoms with Crippen molar-refractivity contribution in [3.63, 3.8) is 0 Å². The van der Waals surface area contributed by atoms with Crippen LogP contribution in [-0.4, -0.2) is 29.1 Å². The lowest BCUT2D eigenvalue weighted by atomic mass is 9.79. The second-order valence-electron chi connectivity index (χ2n) is 5.78. The van der Waals surface area contributed by atoms with Crippen molar-refractivity contribution in [3.8, 4) is 5.75 Å². The van der Waals surface area contributed by atoms with Gasteiger partial charge in [0.2, 0.25) is 0 Å². The molecule has 0 saturated carbocycles. The third-order valence-electron chi connectivity index (χ3n) is 4.44. The van der Waals surface area contributed by atoms with Crippen molar-refractivity contribution in [3.05, 3.63) is 29.3 Å². The van der Waals surface area contributed by atoms with Gasteiger partial charge in [-0.15, -0.1) is 17.0 Å². The molecule has 1 aromatic rings. The quantitative estimate of drug-likeness (QED) is 0.851. The largest absolute Gasteiger partial charge is 0.508 e. The van der Waals surface area contributed by atoms with Crippen molar-refractivity contribution in [1.29, 1.82) is 0 Å². The molecule has 20 heavy (non-hydrogen) atoms. The van der Waals surface area contributed by atoms with E-state index in [1.54, 1.807) is 0 Å². The third kappa shape index (κ3) is 3.56. The Balaban J connectivity index is 0.00000200. The molecule has 0 heterocycles. The number of halogens is 1. The molecular formula is C17H28BrNO. The van der Waals surface area contributed by atoms with Gasteiger partial charge in [0.05, 0.1) is 0 Å². The molecule has 2 nitrogen and oxygen atoms in total. The molecule has 0 spiro atoms. The fourth-order valence-electron chi connectivity index (χ4n) is 3.56. The predicted molar refractivity (Wildman–Crippen MR) is 91.1 cm³/mol. The van der Waals surface area contributed by atoms with Crippen LogP contribution in [-0.2, 0) is 6.42 Å². The second kappa shape index (κ2) is 8.04. The zero-order valence-electron chi connectivity index (χ0n) is 12.9. The first-order valence-corrected chi connectivity index (χ1v) is 7.73.